The van der Waals surface area contributed by atoms with E-state index in [1.807, 2.05) is 24.3 Å². The van der Waals surface area contributed by atoms with Gasteiger partial charge in [-0.15, -0.1) is 0 Å². The van der Waals surface area contributed by atoms with Gasteiger partial charge in [-0.1, -0.05) is 167 Å². The first-order valence-corrected chi connectivity index (χ1v) is 49.9. The van der Waals surface area contributed by atoms with Gasteiger partial charge in [0.2, 0.25) is 11.9 Å². The van der Waals surface area contributed by atoms with Crippen LogP contribution in [0.3, 0.4) is 0 Å². The van der Waals surface area contributed by atoms with Gasteiger partial charge in [-0.25, -0.2) is 19.9 Å². The van der Waals surface area contributed by atoms with E-state index in [1.54, 1.807) is 0 Å². The summed E-state index contributed by atoms with van der Waals surface area (Å²) in [6, 6.07) is 76.7. The number of fused-ring (bicyclic) bond motifs is 17. The number of ether oxygens (including phenoxy) is 12. The molecular weight excluding hydrogens is 1700 g/mol. The monoisotopic (exact) mass is 1830 g/mol. The Morgan fingerprint density at radius 2 is 0.640 bits per heavy atom. The van der Waals surface area contributed by atoms with Gasteiger partial charge in [-0.2, -0.15) is 0 Å². The molecule has 0 atom stereocenters. The second kappa shape index (κ2) is 43.0. The molecule has 4 saturated heterocycles. The van der Waals surface area contributed by atoms with Gasteiger partial charge >= 0.3 is 0 Å². The molecule has 0 spiro atoms. The van der Waals surface area contributed by atoms with Crippen molar-refractivity contribution >= 4 is 120 Å². The zero-order valence-electron chi connectivity index (χ0n) is 79.5. The molecule has 4 fully saturated rings. The predicted molar refractivity (Wildman–Crippen MR) is 542 cm³/mol. The van der Waals surface area contributed by atoms with Crippen LogP contribution in [-0.2, 0) is 83.3 Å². The van der Waals surface area contributed by atoms with Crippen LogP contribution in [0, 0.1) is 21.7 Å². The van der Waals surface area contributed by atoms with Crippen molar-refractivity contribution in [3.63, 3.8) is 0 Å². The highest BCUT2D eigenvalue weighted by atomic mass is 16.5. The number of para-hydroxylation sites is 2. The van der Waals surface area contributed by atoms with Crippen molar-refractivity contribution in [2.24, 2.45) is 21.7 Å². The van der Waals surface area contributed by atoms with E-state index in [-0.39, 0.29) is 21.7 Å². The molecule has 10 heterocycles. The number of rotatable bonds is 48. The number of benzene rings is 11. The van der Waals surface area contributed by atoms with Crippen LogP contribution in [0.4, 0.5) is 0 Å². The largest absolute Gasteiger partial charge is 0.456 e. The Morgan fingerprint density at radius 3 is 1.10 bits per heavy atom. The smallest absolute Gasteiger partial charge is 0.235 e. The molecular formula is C116H128N6O14. The van der Waals surface area contributed by atoms with E-state index in [1.165, 1.54) is 0 Å². The van der Waals surface area contributed by atoms with Crippen molar-refractivity contribution in [3.05, 3.63) is 241 Å². The van der Waals surface area contributed by atoms with Gasteiger partial charge in [-0.05, 0) is 203 Å². The lowest BCUT2D eigenvalue weighted by molar-refractivity contribution is -0.150. The topological polar surface area (TPSA) is 198 Å². The number of hydrogen-bond donors (Lipinski definition) is 0. The Morgan fingerprint density at radius 1 is 0.272 bits per heavy atom. The van der Waals surface area contributed by atoms with E-state index in [2.05, 4.69) is 231 Å². The van der Waals surface area contributed by atoms with E-state index in [4.69, 9.17) is 85.6 Å². The quantitative estimate of drug-likeness (QED) is 0.0326. The summed E-state index contributed by atoms with van der Waals surface area (Å²) in [6.45, 7) is 26.8. The summed E-state index contributed by atoms with van der Waals surface area (Å²) in [5.41, 5.74) is 18.5. The fourth-order valence-electron chi connectivity index (χ4n) is 19.9. The molecule has 20 heteroatoms. The van der Waals surface area contributed by atoms with Crippen molar-refractivity contribution in [2.75, 3.05) is 132 Å². The first kappa shape index (κ1) is 92.8. The molecule has 6 aromatic heterocycles. The minimum atomic E-state index is 0.227. The molecule has 136 heavy (non-hydrogen) atoms. The lowest BCUT2D eigenvalue weighted by Crippen LogP contribution is -2.45. The van der Waals surface area contributed by atoms with Crippen molar-refractivity contribution in [1.82, 2.24) is 29.1 Å². The van der Waals surface area contributed by atoms with Gasteiger partial charge in [0.15, 0.2) is 0 Å². The number of aromatic nitrogens is 6. The SMILES string of the molecule is CCC1(COCCCCCOCc2ccc3oc4cc5c(cc4c3c2)c2cc(COCCCCCOCC3(CC)COC3)c3ccccc3c2n5-c2nc(-c3ccccc3)c3ccccc3n2)COC1.CCC1(COCCCCCOCc2ccc3oc4ccc5c6cc(COCCCCCOCC7(CC)COC7)ccc6n(-c6nc(-c7ccccc7)c7ccccc7n6)c5c4c3c2)COC1. The number of nitrogens with zero attached hydrogens (tertiary/aromatic N) is 6. The highest BCUT2D eigenvalue weighted by Crippen LogP contribution is 2.47. The summed E-state index contributed by atoms with van der Waals surface area (Å²) in [6.07, 6.45) is 16.9. The summed E-state index contributed by atoms with van der Waals surface area (Å²) in [4.78, 5) is 21.4. The van der Waals surface area contributed by atoms with Crippen molar-refractivity contribution in [2.45, 2.75) is 157 Å². The van der Waals surface area contributed by atoms with Crippen LogP contribution in [0.5, 0.6) is 0 Å². The second-order valence-electron chi connectivity index (χ2n) is 38.6. The molecule has 11 aromatic carbocycles. The highest BCUT2D eigenvalue weighted by molar-refractivity contribution is 6.25. The Balaban J connectivity index is 0.000000169. The maximum absolute atomic E-state index is 6.69. The maximum Gasteiger partial charge on any atom is 0.235 e. The average molecular weight is 1830 g/mol. The third-order valence-corrected chi connectivity index (χ3v) is 28.9. The molecule has 706 valence electrons. The summed E-state index contributed by atoms with van der Waals surface area (Å²) in [5, 5.41) is 12.9. The zero-order chi connectivity index (χ0) is 92.1. The lowest BCUT2D eigenvalue weighted by atomic mass is 9.84. The van der Waals surface area contributed by atoms with Gasteiger partial charge in [0, 0.05) is 146 Å². The standard InChI is InChI=1S/C60H65N3O7.C56H63N3O7/c1-3-59(38-68-39-59)36-66-28-16-6-14-26-64-34-42-24-25-54-49(30-42)50-32-48-51-31-44(35-65-27-15-7-17-29-67-37-60(4-2)40-69-41-60)45-20-10-11-21-46(45)57(51)63(53(48)33-55(50)70-54)58-61-52-23-13-12-22-47(52)56(62-58)43-18-8-5-9-19-43;1-3-55(36-64-37-55)34-62-28-14-6-12-26-60-32-40-20-23-48-45(30-40)43-22-25-50-51(53(43)59(48)54-57-47-19-11-10-18-44(47)52(58-54)42-16-8-5-9-17-42)46-31-41(21-24-49(46)66-50)33-61-27-13-7-15-29-63-35-56(4-2)38-65-39-56/h5,8-13,18-25,30-33H,3-4,6-7,14-17,26-29,34-41H2,1-2H3;5,8-11,16-25,30-31H,3-4,6-7,12-15,26-29,32-39H2,1-2H3. The van der Waals surface area contributed by atoms with Crippen LogP contribution < -0.4 is 0 Å². The first-order valence-electron chi connectivity index (χ1n) is 49.9. The Hall–Kier alpha value is -10.9. The Kier molecular flexibility index (Phi) is 29.3. The molecule has 21 rings (SSSR count). The second-order valence-corrected chi connectivity index (χ2v) is 38.6. The van der Waals surface area contributed by atoms with Crippen molar-refractivity contribution in [3.8, 4) is 34.4 Å². The summed E-state index contributed by atoms with van der Waals surface area (Å²) in [5.74, 6) is 1.22. The zero-order valence-corrected chi connectivity index (χ0v) is 79.5. The van der Waals surface area contributed by atoms with Gasteiger partial charge in [0.25, 0.3) is 0 Å². The van der Waals surface area contributed by atoms with E-state index >= 15 is 0 Å². The van der Waals surface area contributed by atoms with Crippen LogP contribution in [0.15, 0.2) is 227 Å². The molecule has 4 aliphatic heterocycles. The molecule has 0 aliphatic carbocycles. The van der Waals surface area contributed by atoms with E-state index < -0.39 is 0 Å². The summed E-state index contributed by atoms with van der Waals surface area (Å²) in [7, 11) is 0. The third-order valence-electron chi connectivity index (χ3n) is 28.9. The van der Waals surface area contributed by atoms with Crippen LogP contribution in [0.25, 0.3) is 154 Å². The summed E-state index contributed by atoms with van der Waals surface area (Å²) < 4.78 is 89.0. The molecule has 0 amide bonds. The van der Waals surface area contributed by atoms with Crippen LogP contribution in [0.2, 0.25) is 0 Å². The Labute approximate surface area is 795 Å². The van der Waals surface area contributed by atoms with E-state index in [0.29, 0.717) is 64.8 Å². The van der Waals surface area contributed by atoms with Gasteiger partial charge in [0.05, 0.1) is 156 Å². The Bertz CT molecular complexity index is 6950. The molecule has 20 nitrogen and oxygen atoms in total. The molecule has 0 bridgehead atoms. The van der Waals surface area contributed by atoms with E-state index in [9.17, 15) is 0 Å². The number of unbranched alkanes of at least 4 members (excludes halogenated alkanes) is 8. The van der Waals surface area contributed by atoms with Gasteiger partial charge in [0.1, 0.15) is 22.3 Å². The van der Waals surface area contributed by atoms with Gasteiger partial charge < -0.3 is 65.7 Å². The minimum absolute atomic E-state index is 0.227. The molecule has 0 radical (unpaired) electrons. The predicted octanol–water partition coefficient (Wildman–Crippen LogP) is 26.3. The molecule has 0 N–H and O–H groups in total. The average Bonchev–Trinajstić information content (AvgIpc) is 1.57. The van der Waals surface area contributed by atoms with E-state index in [0.717, 1.165) is 373 Å². The number of hydrogen-bond acceptors (Lipinski definition) is 18. The van der Waals surface area contributed by atoms with Crippen molar-refractivity contribution < 1.29 is 65.7 Å². The van der Waals surface area contributed by atoms with Crippen LogP contribution in [-0.4, -0.2) is 161 Å². The normalized spacial score (nSPS) is 15.5. The minimum Gasteiger partial charge on any atom is -0.456 e. The van der Waals surface area contributed by atoms with Gasteiger partial charge in [-0.3, -0.25) is 9.13 Å². The molecule has 17 aromatic rings. The third kappa shape index (κ3) is 20.1. The maximum atomic E-state index is 6.69. The highest BCUT2D eigenvalue weighted by Gasteiger charge is 2.40. The van der Waals surface area contributed by atoms with Crippen LogP contribution in [0.1, 0.15) is 153 Å². The lowest BCUT2D eigenvalue weighted by Gasteiger charge is -2.40. The fourth-order valence-corrected chi connectivity index (χ4v) is 19.9. The molecule has 0 saturated carbocycles. The first-order chi connectivity index (χ1) is 67.1. The molecule has 0 unspecified atom stereocenters. The number of furan rings is 2. The van der Waals surface area contributed by atoms with Crippen molar-refractivity contribution in [1.29, 1.82) is 0 Å². The fraction of sp³-hybridized carbons (Fsp3) is 0.414. The van der Waals surface area contributed by atoms with Crippen LogP contribution >= 0.6 is 0 Å². The summed E-state index contributed by atoms with van der Waals surface area (Å²) >= 11 is 0. The molecule has 4 aliphatic rings.